The van der Waals surface area contributed by atoms with Gasteiger partial charge in [-0.15, -0.1) is 0 Å². The third-order valence-corrected chi connectivity index (χ3v) is 4.81. The Morgan fingerprint density at radius 2 is 2.08 bits per heavy atom. The van der Waals surface area contributed by atoms with E-state index in [4.69, 9.17) is 0 Å². The largest absolute Gasteiger partial charge is 0.348 e. The van der Waals surface area contributed by atoms with Crippen LogP contribution in [0.2, 0.25) is 0 Å². The molecule has 24 heavy (non-hydrogen) atoms. The van der Waals surface area contributed by atoms with Crippen LogP contribution in [0.15, 0.2) is 61.4 Å². The molecule has 120 valence electrons. The molecule has 0 radical (unpaired) electrons. The van der Waals surface area contributed by atoms with E-state index >= 15 is 0 Å². The fourth-order valence-electron chi connectivity index (χ4n) is 3.32. The number of hydrogen-bond donors (Lipinski definition) is 1. The number of aryl methyl sites for hydroxylation is 1. The fraction of sp³-hybridized carbons (Fsp3) is 0.200. The van der Waals surface area contributed by atoms with Crippen LogP contribution in [0, 0.1) is 13.8 Å². The summed E-state index contributed by atoms with van der Waals surface area (Å²) in [6.45, 7) is 4.37. The molecule has 4 nitrogen and oxygen atoms in total. The predicted molar refractivity (Wildman–Crippen MR) is 95.2 cm³/mol. The molecular weight excluding hydrogens is 296 g/mol. The zero-order valence-corrected chi connectivity index (χ0v) is 13.9. The molecule has 3 heterocycles. The Morgan fingerprint density at radius 1 is 1.17 bits per heavy atom. The molecule has 1 unspecified atom stereocenters. The van der Waals surface area contributed by atoms with E-state index in [0.29, 0.717) is 0 Å². The zero-order chi connectivity index (χ0) is 16.5. The minimum absolute atomic E-state index is 0.258. The second-order valence-corrected chi connectivity index (χ2v) is 6.28. The van der Waals surface area contributed by atoms with Gasteiger partial charge in [0.15, 0.2) is 0 Å². The zero-order valence-electron chi connectivity index (χ0n) is 13.9. The van der Waals surface area contributed by atoms with Gasteiger partial charge >= 0.3 is 0 Å². The quantitative estimate of drug-likeness (QED) is 0.617. The number of fused-ring (bicyclic) bond motifs is 1. The van der Waals surface area contributed by atoms with Crippen molar-refractivity contribution in [3.8, 4) is 0 Å². The van der Waals surface area contributed by atoms with Crippen LogP contribution in [-0.4, -0.2) is 19.4 Å². The molecular formula is C20H20N4. The third-order valence-electron chi connectivity index (χ3n) is 4.81. The summed E-state index contributed by atoms with van der Waals surface area (Å²) in [5.41, 5.74) is 7.42. The molecule has 1 atom stereocenters. The smallest absolute Gasteiger partial charge is 0.136 e. The number of rotatable bonds is 4. The van der Waals surface area contributed by atoms with Crippen molar-refractivity contribution in [2.45, 2.75) is 26.2 Å². The Labute approximate surface area is 141 Å². The van der Waals surface area contributed by atoms with Crippen LogP contribution in [0.1, 0.15) is 33.9 Å². The van der Waals surface area contributed by atoms with E-state index in [1.807, 2.05) is 18.6 Å². The van der Waals surface area contributed by atoms with Crippen molar-refractivity contribution >= 4 is 5.65 Å². The summed E-state index contributed by atoms with van der Waals surface area (Å²) >= 11 is 0. The predicted octanol–water partition coefficient (Wildman–Crippen LogP) is 4.05. The highest BCUT2D eigenvalue weighted by Gasteiger charge is 2.19. The van der Waals surface area contributed by atoms with Gasteiger partial charge in [0.2, 0.25) is 0 Å². The Hall–Kier alpha value is -2.88. The molecule has 4 aromatic rings. The molecule has 0 aliphatic rings. The lowest BCUT2D eigenvalue weighted by molar-refractivity contribution is 0.768. The average Bonchev–Trinajstić information content (AvgIpc) is 3.26. The molecule has 0 amide bonds. The lowest BCUT2D eigenvalue weighted by atomic mass is 9.86. The molecule has 3 aromatic heterocycles. The SMILES string of the molecule is Cc1cccc(C(Cc2ccc3nccn3c2)c2cnc[nH]2)c1C. The summed E-state index contributed by atoms with van der Waals surface area (Å²) in [4.78, 5) is 11.9. The lowest BCUT2D eigenvalue weighted by Crippen LogP contribution is -2.08. The van der Waals surface area contributed by atoms with Gasteiger partial charge in [0, 0.05) is 36.4 Å². The van der Waals surface area contributed by atoms with Gasteiger partial charge in [0.05, 0.1) is 6.33 Å². The standard InChI is InChI=1S/C20H20N4/c1-14-4-3-5-17(15(14)2)18(19-11-21-13-23-19)10-16-6-7-20-22-8-9-24(20)12-16/h3-9,11-13,18H,10H2,1-2H3,(H,21,23). The van der Waals surface area contributed by atoms with Crippen LogP contribution in [0.4, 0.5) is 0 Å². The molecule has 0 aliphatic heterocycles. The fourth-order valence-corrected chi connectivity index (χ4v) is 3.32. The third kappa shape index (κ3) is 2.60. The normalized spacial score (nSPS) is 12.6. The number of aromatic nitrogens is 4. The maximum Gasteiger partial charge on any atom is 0.136 e. The van der Waals surface area contributed by atoms with Gasteiger partial charge in [-0.3, -0.25) is 0 Å². The van der Waals surface area contributed by atoms with Crippen LogP contribution >= 0.6 is 0 Å². The summed E-state index contributed by atoms with van der Waals surface area (Å²) in [5, 5.41) is 0. The van der Waals surface area contributed by atoms with E-state index in [2.05, 4.69) is 69.7 Å². The molecule has 0 saturated carbocycles. The second kappa shape index (κ2) is 5.96. The number of benzene rings is 1. The van der Waals surface area contributed by atoms with Gasteiger partial charge in [-0.1, -0.05) is 24.3 Å². The van der Waals surface area contributed by atoms with Crippen molar-refractivity contribution in [2.75, 3.05) is 0 Å². The molecule has 0 aliphatic carbocycles. The molecule has 4 rings (SSSR count). The minimum Gasteiger partial charge on any atom is -0.348 e. The van der Waals surface area contributed by atoms with E-state index in [9.17, 15) is 0 Å². The van der Waals surface area contributed by atoms with Crippen molar-refractivity contribution in [1.82, 2.24) is 19.4 Å². The summed E-state index contributed by atoms with van der Waals surface area (Å²) in [7, 11) is 0. The number of hydrogen-bond acceptors (Lipinski definition) is 2. The molecule has 0 bridgehead atoms. The molecule has 0 spiro atoms. The number of pyridine rings is 1. The number of aromatic amines is 1. The molecule has 1 N–H and O–H groups in total. The van der Waals surface area contributed by atoms with Crippen molar-refractivity contribution in [3.63, 3.8) is 0 Å². The number of H-pyrrole nitrogens is 1. The summed E-state index contributed by atoms with van der Waals surface area (Å²) in [6.07, 6.45) is 10.6. The van der Waals surface area contributed by atoms with E-state index in [-0.39, 0.29) is 5.92 Å². The van der Waals surface area contributed by atoms with Gasteiger partial charge < -0.3 is 9.38 Å². The minimum atomic E-state index is 0.258. The van der Waals surface area contributed by atoms with Crippen LogP contribution < -0.4 is 0 Å². The topological polar surface area (TPSA) is 46.0 Å². The second-order valence-electron chi connectivity index (χ2n) is 6.28. The van der Waals surface area contributed by atoms with Crippen LogP contribution in [0.5, 0.6) is 0 Å². The van der Waals surface area contributed by atoms with E-state index in [1.54, 1.807) is 6.33 Å². The van der Waals surface area contributed by atoms with Crippen LogP contribution in [-0.2, 0) is 6.42 Å². The maximum atomic E-state index is 4.32. The highest BCUT2D eigenvalue weighted by molar-refractivity contribution is 5.43. The first-order chi connectivity index (χ1) is 11.7. The first-order valence-electron chi connectivity index (χ1n) is 8.18. The summed E-state index contributed by atoms with van der Waals surface area (Å²) in [5.74, 6) is 0.258. The Balaban J connectivity index is 1.77. The highest BCUT2D eigenvalue weighted by Crippen LogP contribution is 2.30. The summed E-state index contributed by atoms with van der Waals surface area (Å²) < 4.78 is 2.07. The number of nitrogens with zero attached hydrogens (tertiary/aromatic N) is 3. The molecule has 1 aromatic carbocycles. The molecule has 0 saturated heterocycles. The van der Waals surface area contributed by atoms with Gasteiger partial charge in [-0.25, -0.2) is 9.97 Å². The van der Waals surface area contributed by atoms with Gasteiger partial charge in [0.1, 0.15) is 5.65 Å². The van der Waals surface area contributed by atoms with Crippen molar-refractivity contribution < 1.29 is 0 Å². The number of imidazole rings is 2. The van der Waals surface area contributed by atoms with Crippen molar-refractivity contribution in [2.24, 2.45) is 0 Å². The summed E-state index contributed by atoms with van der Waals surface area (Å²) in [6, 6.07) is 10.8. The highest BCUT2D eigenvalue weighted by atomic mass is 15.0. The van der Waals surface area contributed by atoms with Crippen molar-refractivity contribution in [1.29, 1.82) is 0 Å². The van der Waals surface area contributed by atoms with Gasteiger partial charge in [-0.05, 0) is 48.6 Å². The van der Waals surface area contributed by atoms with Crippen molar-refractivity contribution in [3.05, 3.63) is 89.4 Å². The van der Waals surface area contributed by atoms with E-state index in [1.165, 1.54) is 22.3 Å². The average molecular weight is 316 g/mol. The Morgan fingerprint density at radius 3 is 2.92 bits per heavy atom. The first-order valence-corrected chi connectivity index (χ1v) is 8.18. The van der Waals surface area contributed by atoms with Crippen LogP contribution in [0.3, 0.4) is 0 Å². The van der Waals surface area contributed by atoms with E-state index < -0.39 is 0 Å². The molecule has 0 fully saturated rings. The van der Waals surface area contributed by atoms with E-state index in [0.717, 1.165) is 17.8 Å². The monoisotopic (exact) mass is 316 g/mol. The van der Waals surface area contributed by atoms with Gasteiger partial charge in [-0.2, -0.15) is 0 Å². The molecule has 4 heteroatoms. The Kier molecular flexibility index (Phi) is 3.65. The maximum absolute atomic E-state index is 4.32. The first kappa shape index (κ1) is 14.7. The lowest BCUT2D eigenvalue weighted by Gasteiger charge is -2.20. The Bertz CT molecular complexity index is 966. The van der Waals surface area contributed by atoms with Crippen LogP contribution in [0.25, 0.3) is 5.65 Å². The van der Waals surface area contributed by atoms with Gasteiger partial charge in [0.25, 0.3) is 0 Å². The number of nitrogens with one attached hydrogen (secondary N) is 1.